The van der Waals surface area contributed by atoms with Crippen molar-refractivity contribution < 1.29 is 0 Å². The van der Waals surface area contributed by atoms with Crippen LogP contribution in [0.3, 0.4) is 0 Å². The van der Waals surface area contributed by atoms with E-state index in [0.717, 1.165) is 17.9 Å². The van der Waals surface area contributed by atoms with Gasteiger partial charge in [0.25, 0.3) is 0 Å². The lowest BCUT2D eigenvalue weighted by Gasteiger charge is -2.36. The van der Waals surface area contributed by atoms with Gasteiger partial charge in [-0.15, -0.1) is 0 Å². The third kappa shape index (κ3) is 7.31. The van der Waals surface area contributed by atoms with Crippen LogP contribution in [-0.2, 0) is 0 Å². The summed E-state index contributed by atoms with van der Waals surface area (Å²) in [5.74, 6) is 1.69. The van der Waals surface area contributed by atoms with Gasteiger partial charge in [0.15, 0.2) is 0 Å². The van der Waals surface area contributed by atoms with Crippen LogP contribution in [-0.4, -0.2) is 37.1 Å². The summed E-state index contributed by atoms with van der Waals surface area (Å²) < 4.78 is 0. The zero-order valence-corrected chi connectivity index (χ0v) is 13.8. The third-order valence-corrected chi connectivity index (χ3v) is 4.63. The average molecular weight is 268 g/mol. The molecule has 1 saturated heterocycles. The van der Waals surface area contributed by atoms with Crippen molar-refractivity contribution in [3.8, 4) is 0 Å². The molecule has 2 nitrogen and oxygen atoms in total. The topological polar surface area (TPSA) is 15.3 Å². The number of unbranched alkanes of at least 4 members (excludes halogenated alkanes) is 3. The van der Waals surface area contributed by atoms with Crippen LogP contribution >= 0.6 is 0 Å². The van der Waals surface area contributed by atoms with Crippen molar-refractivity contribution in [3.63, 3.8) is 0 Å². The molecule has 19 heavy (non-hydrogen) atoms. The van der Waals surface area contributed by atoms with Gasteiger partial charge in [0.2, 0.25) is 0 Å². The van der Waals surface area contributed by atoms with E-state index in [1.807, 2.05) is 0 Å². The summed E-state index contributed by atoms with van der Waals surface area (Å²) >= 11 is 0. The van der Waals surface area contributed by atoms with Crippen LogP contribution in [0.4, 0.5) is 0 Å². The van der Waals surface area contributed by atoms with Crippen molar-refractivity contribution >= 4 is 0 Å². The third-order valence-electron chi connectivity index (χ3n) is 4.63. The van der Waals surface area contributed by atoms with Gasteiger partial charge >= 0.3 is 0 Å². The fourth-order valence-corrected chi connectivity index (χ4v) is 2.95. The Morgan fingerprint density at radius 1 is 1.11 bits per heavy atom. The highest BCUT2D eigenvalue weighted by molar-refractivity contribution is 4.81. The maximum Gasteiger partial charge on any atom is 0.0221 e. The molecule has 1 rings (SSSR count). The fourth-order valence-electron chi connectivity index (χ4n) is 2.95. The van der Waals surface area contributed by atoms with E-state index in [9.17, 15) is 0 Å². The Morgan fingerprint density at radius 3 is 2.53 bits per heavy atom. The molecular weight excluding hydrogens is 232 g/mol. The van der Waals surface area contributed by atoms with E-state index in [1.165, 1.54) is 64.7 Å². The maximum absolute atomic E-state index is 3.68. The van der Waals surface area contributed by atoms with Crippen LogP contribution < -0.4 is 5.32 Å². The highest BCUT2D eigenvalue weighted by Gasteiger charge is 2.22. The molecule has 1 aliphatic heterocycles. The van der Waals surface area contributed by atoms with Gasteiger partial charge in [-0.2, -0.15) is 0 Å². The summed E-state index contributed by atoms with van der Waals surface area (Å²) in [6.45, 7) is 14.4. The molecule has 0 aliphatic carbocycles. The predicted molar refractivity (Wildman–Crippen MR) is 85.6 cm³/mol. The zero-order chi connectivity index (χ0) is 14.1. The van der Waals surface area contributed by atoms with Crippen molar-refractivity contribution in [2.45, 2.75) is 72.3 Å². The van der Waals surface area contributed by atoms with Gasteiger partial charge in [0, 0.05) is 25.7 Å². The highest BCUT2D eigenvalue weighted by Crippen LogP contribution is 2.14. The van der Waals surface area contributed by atoms with Gasteiger partial charge in [0.05, 0.1) is 0 Å². The molecule has 0 aromatic heterocycles. The van der Waals surface area contributed by atoms with E-state index >= 15 is 0 Å². The summed E-state index contributed by atoms with van der Waals surface area (Å²) in [7, 11) is 0. The van der Waals surface area contributed by atoms with Gasteiger partial charge in [-0.05, 0) is 24.8 Å². The Bertz CT molecular complexity index is 215. The summed E-state index contributed by atoms with van der Waals surface area (Å²) in [4.78, 5) is 2.68. The largest absolute Gasteiger partial charge is 0.311 e. The first kappa shape index (κ1) is 17.0. The van der Waals surface area contributed by atoms with E-state index in [4.69, 9.17) is 0 Å². The zero-order valence-electron chi connectivity index (χ0n) is 13.8. The van der Waals surface area contributed by atoms with Gasteiger partial charge < -0.3 is 10.2 Å². The van der Waals surface area contributed by atoms with E-state index in [1.54, 1.807) is 0 Å². The number of nitrogens with one attached hydrogen (secondary N) is 1. The molecule has 0 aromatic carbocycles. The van der Waals surface area contributed by atoms with Crippen molar-refractivity contribution in [2.24, 2.45) is 11.8 Å². The standard InChI is InChI=1S/C17H36N2/c1-5-16(4)17-14-19(13-11-18-17)12-9-7-6-8-10-15(2)3/h15-18H,5-14H2,1-4H3. The van der Waals surface area contributed by atoms with E-state index in [0.29, 0.717) is 0 Å². The van der Waals surface area contributed by atoms with Crippen molar-refractivity contribution in [1.29, 1.82) is 0 Å². The molecule has 0 aromatic rings. The number of piperazine rings is 1. The summed E-state index contributed by atoms with van der Waals surface area (Å²) in [5.41, 5.74) is 0. The summed E-state index contributed by atoms with van der Waals surface area (Å²) in [6, 6.07) is 0.722. The normalized spacial score (nSPS) is 22.9. The van der Waals surface area contributed by atoms with Crippen molar-refractivity contribution in [2.75, 3.05) is 26.2 Å². The summed E-state index contributed by atoms with van der Waals surface area (Å²) in [6.07, 6.45) is 8.37. The van der Waals surface area contributed by atoms with E-state index < -0.39 is 0 Å². The second kappa shape index (κ2) is 9.77. The first-order valence-electron chi connectivity index (χ1n) is 8.59. The molecule has 2 unspecified atom stereocenters. The van der Waals surface area contributed by atoms with Crippen molar-refractivity contribution in [1.82, 2.24) is 10.2 Å². The van der Waals surface area contributed by atoms with Crippen LogP contribution in [0.1, 0.15) is 66.2 Å². The second-order valence-electron chi connectivity index (χ2n) is 6.84. The molecule has 1 fully saturated rings. The number of hydrogen-bond donors (Lipinski definition) is 1. The monoisotopic (exact) mass is 268 g/mol. The number of nitrogens with zero attached hydrogens (tertiary/aromatic N) is 1. The van der Waals surface area contributed by atoms with Crippen LogP contribution in [0.15, 0.2) is 0 Å². The molecule has 0 saturated carbocycles. The fraction of sp³-hybridized carbons (Fsp3) is 1.00. The lowest BCUT2D eigenvalue weighted by molar-refractivity contribution is 0.166. The Balaban J connectivity index is 2.05. The lowest BCUT2D eigenvalue weighted by atomic mass is 9.97. The molecule has 1 heterocycles. The Labute approximate surface area is 121 Å². The highest BCUT2D eigenvalue weighted by atomic mass is 15.2. The molecule has 0 radical (unpaired) electrons. The molecule has 2 atom stereocenters. The smallest absolute Gasteiger partial charge is 0.0221 e. The summed E-state index contributed by atoms with van der Waals surface area (Å²) in [5, 5.41) is 3.68. The Kier molecular flexibility index (Phi) is 8.72. The second-order valence-corrected chi connectivity index (χ2v) is 6.84. The molecule has 0 amide bonds. The molecule has 114 valence electrons. The minimum absolute atomic E-state index is 0.722. The SMILES string of the molecule is CCC(C)C1CN(CCCCCCC(C)C)CCN1. The minimum Gasteiger partial charge on any atom is -0.311 e. The van der Waals surface area contributed by atoms with Gasteiger partial charge in [-0.25, -0.2) is 0 Å². The Hall–Kier alpha value is -0.0800. The number of rotatable bonds is 9. The van der Waals surface area contributed by atoms with E-state index in [-0.39, 0.29) is 0 Å². The first-order chi connectivity index (χ1) is 9.13. The van der Waals surface area contributed by atoms with E-state index in [2.05, 4.69) is 37.9 Å². The molecule has 1 aliphatic rings. The van der Waals surface area contributed by atoms with Crippen LogP contribution in [0.2, 0.25) is 0 Å². The van der Waals surface area contributed by atoms with Crippen LogP contribution in [0, 0.1) is 11.8 Å². The average Bonchev–Trinajstić information content (AvgIpc) is 2.41. The predicted octanol–water partition coefficient (Wildman–Crippen LogP) is 3.91. The van der Waals surface area contributed by atoms with Crippen LogP contribution in [0.5, 0.6) is 0 Å². The quantitative estimate of drug-likeness (QED) is 0.638. The molecular formula is C17H36N2. The maximum atomic E-state index is 3.68. The van der Waals surface area contributed by atoms with Crippen molar-refractivity contribution in [3.05, 3.63) is 0 Å². The Morgan fingerprint density at radius 2 is 1.84 bits per heavy atom. The van der Waals surface area contributed by atoms with Gasteiger partial charge in [-0.1, -0.05) is 59.8 Å². The lowest BCUT2D eigenvalue weighted by Crippen LogP contribution is -2.53. The first-order valence-corrected chi connectivity index (χ1v) is 8.59. The molecule has 2 heteroatoms. The van der Waals surface area contributed by atoms with Gasteiger partial charge in [-0.3, -0.25) is 0 Å². The molecule has 1 N–H and O–H groups in total. The van der Waals surface area contributed by atoms with Gasteiger partial charge in [0.1, 0.15) is 0 Å². The molecule has 0 spiro atoms. The molecule has 0 bridgehead atoms. The van der Waals surface area contributed by atoms with Crippen LogP contribution in [0.25, 0.3) is 0 Å². The minimum atomic E-state index is 0.722. The number of hydrogen-bond acceptors (Lipinski definition) is 2.